The summed E-state index contributed by atoms with van der Waals surface area (Å²) < 4.78 is 0. The van der Waals surface area contributed by atoms with E-state index in [0.29, 0.717) is 0 Å². The summed E-state index contributed by atoms with van der Waals surface area (Å²) in [7, 11) is 0. The molecule has 0 aliphatic rings. The summed E-state index contributed by atoms with van der Waals surface area (Å²) in [4.78, 5) is 13.6. The van der Waals surface area contributed by atoms with E-state index in [4.69, 9.17) is 5.11 Å². The monoisotopic (exact) mass is 215 g/mol. The third kappa shape index (κ3) is 1.98. The zero-order valence-electron chi connectivity index (χ0n) is 8.97. The molecule has 1 aromatic carbocycles. The van der Waals surface area contributed by atoms with Gasteiger partial charge >= 0.3 is 5.97 Å². The van der Waals surface area contributed by atoms with Crippen LogP contribution in [0.3, 0.4) is 0 Å². The van der Waals surface area contributed by atoms with Crippen LogP contribution < -0.4 is 0 Å². The van der Waals surface area contributed by atoms with Crippen LogP contribution >= 0.6 is 0 Å². The number of allylic oxidation sites excluding steroid dienone is 1. The van der Waals surface area contributed by atoms with Gasteiger partial charge in [-0.05, 0) is 17.7 Å². The Morgan fingerprint density at radius 1 is 1.44 bits per heavy atom. The van der Waals surface area contributed by atoms with Gasteiger partial charge in [-0.25, -0.2) is 4.79 Å². The average molecular weight is 215 g/mol. The highest BCUT2D eigenvalue weighted by atomic mass is 16.4. The minimum absolute atomic E-state index is 0.0931. The van der Waals surface area contributed by atoms with E-state index in [9.17, 15) is 4.79 Å². The van der Waals surface area contributed by atoms with E-state index in [2.05, 4.69) is 4.98 Å². The molecule has 2 rings (SSSR count). The molecule has 0 aliphatic carbocycles. The van der Waals surface area contributed by atoms with Crippen LogP contribution in [0.15, 0.2) is 42.6 Å². The number of benzene rings is 1. The Labute approximate surface area is 93.4 Å². The maximum Gasteiger partial charge on any atom is 0.327 e. The number of H-pyrrole nitrogens is 1. The molecular weight excluding hydrogens is 202 g/mol. The van der Waals surface area contributed by atoms with Gasteiger partial charge in [-0.1, -0.05) is 25.1 Å². The molecule has 2 aromatic rings. The Kier molecular flexibility index (Phi) is 2.77. The first-order valence-electron chi connectivity index (χ1n) is 5.15. The number of rotatable bonds is 3. The molecule has 3 heteroatoms. The molecular formula is C13H13NO2. The van der Waals surface area contributed by atoms with Crippen molar-refractivity contribution in [2.75, 3.05) is 0 Å². The highest BCUT2D eigenvalue weighted by molar-refractivity contribution is 5.84. The normalized spacial score (nSPS) is 13.3. The number of hydrogen-bond acceptors (Lipinski definition) is 1. The van der Waals surface area contributed by atoms with Gasteiger partial charge in [0.1, 0.15) is 0 Å². The third-order valence-corrected chi connectivity index (χ3v) is 2.65. The Hall–Kier alpha value is -2.03. The molecule has 2 N–H and O–H groups in total. The van der Waals surface area contributed by atoms with Gasteiger partial charge < -0.3 is 10.1 Å². The zero-order chi connectivity index (χ0) is 11.5. The molecule has 0 bridgehead atoms. The molecule has 1 heterocycles. The van der Waals surface area contributed by atoms with Crippen molar-refractivity contribution in [2.45, 2.75) is 12.8 Å². The van der Waals surface area contributed by atoms with Crippen LogP contribution in [-0.2, 0) is 4.79 Å². The summed E-state index contributed by atoms with van der Waals surface area (Å²) in [6, 6.07) is 8.01. The van der Waals surface area contributed by atoms with E-state index < -0.39 is 5.97 Å². The second-order valence-corrected chi connectivity index (χ2v) is 3.77. The fourth-order valence-corrected chi connectivity index (χ4v) is 1.84. The van der Waals surface area contributed by atoms with Gasteiger partial charge in [0.05, 0.1) is 0 Å². The van der Waals surface area contributed by atoms with Crippen LogP contribution in [0.5, 0.6) is 0 Å². The Bertz CT molecular complexity index is 540. The minimum Gasteiger partial charge on any atom is -0.478 e. The number of carboxylic acids is 1. The lowest BCUT2D eigenvalue weighted by Gasteiger charge is -2.07. The van der Waals surface area contributed by atoms with E-state index in [1.54, 1.807) is 6.08 Å². The quantitative estimate of drug-likeness (QED) is 0.773. The number of aliphatic carboxylic acids is 1. The van der Waals surface area contributed by atoms with Crippen molar-refractivity contribution in [3.05, 3.63) is 48.2 Å². The fourth-order valence-electron chi connectivity index (χ4n) is 1.84. The minimum atomic E-state index is -0.909. The number of carboxylic acid groups (broad SMARTS) is 1. The van der Waals surface area contributed by atoms with Gasteiger partial charge in [-0.3, -0.25) is 0 Å². The van der Waals surface area contributed by atoms with Crippen molar-refractivity contribution in [2.24, 2.45) is 0 Å². The molecule has 1 atom stereocenters. The van der Waals surface area contributed by atoms with Gasteiger partial charge in [-0.2, -0.15) is 0 Å². The number of hydrogen-bond donors (Lipinski definition) is 2. The lowest BCUT2D eigenvalue weighted by molar-refractivity contribution is -0.131. The Morgan fingerprint density at radius 2 is 2.25 bits per heavy atom. The molecule has 16 heavy (non-hydrogen) atoms. The second-order valence-electron chi connectivity index (χ2n) is 3.77. The summed E-state index contributed by atoms with van der Waals surface area (Å²) in [5.41, 5.74) is 2.21. The molecule has 0 fully saturated rings. The first-order chi connectivity index (χ1) is 7.68. The number of aromatic amines is 1. The molecule has 0 amide bonds. The van der Waals surface area contributed by atoms with E-state index in [0.717, 1.165) is 16.5 Å². The summed E-state index contributed by atoms with van der Waals surface area (Å²) in [6.45, 7) is 1.99. The first kappa shape index (κ1) is 10.5. The molecule has 0 spiro atoms. The topological polar surface area (TPSA) is 53.1 Å². The summed E-state index contributed by atoms with van der Waals surface area (Å²) in [6.07, 6.45) is 4.78. The van der Waals surface area contributed by atoms with E-state index in [-0.39, 0.29) is 5.92 Å². The molecule has 1 aromatic heterocycles. The first-order valence-corrected chi connectivity index (χ1v) is 5.15. The maximum atomic E-state index is 10.5. The number of carbonyl (C=O) groups is 1. The van der Waals surface area contributed by atoms with Gasteiger partial charge in [0.2, 0.25) is 0 Å². The molecule has 0 aliphatic heterocycles. The van der Waals surface area contributed by atoms with Crippen LogP contribution in [0.1, 0.15) is 18.4 Å². The smallest absolute Gasteiger partial charge is 0.327 e. The standard InChI is InChI=1S/C13H13NO2/c1-9(5-6-13(15)16)10-3-2-4-12-11(10)7-8-14-12/h2-9,14H,1H3,(H,15,16)/b6-5+. The van der Waals surface area contributed by atoms with E-state index in [1.165, 1.54) is 6.08 Å². The molecule has 0 saturated heterocycles. The van der Waals surface area contributed by atoms with E-state index in [1.807, 2.05) is 37.4 Å². The Balaban J connectivity index is 2.39. The van der Waals surface area contributed by atoms with Crippen molar-refractivity contribution >= 4 is 16.9 Å². The number of fused-ring (bicyclic) bond motifs is 1. The van der Waals surface area contributed by atoms with Crippen molar-refractivity contribution < 1.29 is 9.90 Å². The van der Waals surface area contributed by atoms with Crippen LogP contribution in [0, 0.1) is 0 Å². The van der Waals surface area contributed by atoms with Crippen molar-refractivity contribution in [3.63, 3.8) is 0 Å². The summed E-state index contributed by atoms with van der Waals surface area (Å²) >= 11 is 0. The van der Waals surface area contributed by atoms with Gasteiger partial charge in [-0.15, -0.1) is 0 Å². The highest BCUT2D eigenvalue weighted by Gasteiger charge is 2.07. The largest absolute Gasteiger partial charge is 0.478 e. The molecule has 1 unspecified atom stereocenters. The van der Waals surface area contributed by atoms with Crippen molar-refractivity contribution in [1.29, 1.82) is 0 Å². The van der Waals surface area contributed by atoms with Gasteiger partial charge in [0.15, 0.2) is 0 Å². The second kappa shape index (κ2) is 4.23. The molecule has 0 saturated carbocycles. The lowest BCUT2D eigenvalue weighted by Crippen LogP contribution is -1.93. The van der Waals surface area contributed by atoms with Gasteiger partial charge in [0, 0.05) is 29.1 Å². The van der Waals surface area contributed by atoms with Crippen molar-refractivity contribution in [3.8, 4) is 0 Å². The van der Waals surface area contributed by atoms with Crippen molar-refractivity contribution in [1.82, 2.24) is 4.98 Å². The van der Waals surface area contributed by atoms with Crippen LogP contribution in [0.4, 0.5) is 0 Å². The highest BCUT2D eigenvalue weighted by Crippen LogP contribution is 2.25. The fraction of sp³-hybridized carbons (Fsp3) is 0.154. The SMILES string of the molecule is CC(/C=C/C(=O)O)c1cccc2[nH]ccc12. The Morgan fingerprint density at radius 3 is 3.00 bits per heavy atom. The molecule has 0 radical (unpaired) electrons. The summed E-state index contributed by atoms with van der Waals surface area (Å²) in [5.74, 6) is -0.816. The van der Waals surface area contributed by atoms with E-state index >= 15 is 0 Å². The predicted molar refractivity (Wildman–Crippen MR) is 63.5 cm³/mol. The van der Waals surface area contributed by atoms with Crippen LogP contribution in [-0.4, -0.2) is 16.1 Å². The lowest BCUT2D eigenvalue weighted by atomic mass is 9.97. The summed E-state index contributed by atoms with van der Waals surface area (Å²) in [5, 5.41) is 9.73. The molecule has 82 valence electrons. The maximum absolute atomic E-state index is 10.5. The van der Waals surface area contributed by atoms with Crippen LogP contribution in [0.25, 0.3) is 10.9 Å². The van der Waals surface area contributed by atoms with Gasteiger partial charge in [0.25, 0.3) is 0 Å². The van der Waals surface area contributed by atoms with Crippen LogP contribution in [0.2, 0.25) is 0 Å². The zero-order valence-corrected chi connectivity index (χ0v) is 8.97. The molecule has 3 nitrogen and oxygen atoms in total. The third-order valence-electron chi connectivity index (χ3n) is 2.65. The number of nitrogens with one attached hydrogen (secondary N) is 1. The predicted octanol–water partition coefficient (Wildman–Crippen LogP) is 2.91. The number of aromatic nitrogens is 1. The average Bonchev–Trinajstić information content (AvgIpc) is 2.73.